The summed E-state index contributed by atoms with van der Waals surface area (Å²) in [6.07, 6.45) is 9.64. The van der Waals surface area contributed by atoms with E-state index in [9.17, 15) is 0 Å². The Labute approximate surface area is 135 Å². The number of rotatable bonds is 4. The highest BCUT2D eigenvalue weighted by atomic mass is 14.1. The number of benzene rings is 2. The van der Waals surface area contributed by atoms with Crippen molar-refractivity contribution in [1.82, 2.24) is 0 Å². The van der Waals surface area contributed by atoms with Crippen molar-refractivity contribution >= 4 is 0 Å². The van der Waals surface area contributed by atoms with Crippen LogP contribution in [0.1, 0.15) is 60.1 Å². The second kappa shape index (κ2) is 7.13. The van der Waals surface area contributed by atoms with Gasteiger partial charge in [0.2, 0.25) is 0 Å². The van der Waals surface area contributed by atoms with Gasteiger partial charge in [0, 0.05) is 0 Å². The molecule has 0 heterocycles. The highest BCUT2D eigenvalue weighted by molar-refractivity contribution is 5.38. The standard InChI is InChI=1S/C22H28/c1-3-5-21-15-17-7-11-19(21)13-9-18-8-12-20(14-10-17)22(16-18)6-4-2/h7-8,11-12,15-16H,3-6,9-10,13-14H2,1-2H3. The third-order valence-corrected chi connectivity index (χ3v) is 4.95. The molecule has 0 radical (unpaired) electrons. The van der Waals surface area contributed by atoms with Crippen molar-refractivity contribution in [1.29, 1.82) is 0 Å². The first-order chi connectivity index (χ1) is 10.8. The van der Waals surface area contributed by atoms with Gasteiger partial charge < -0.3 is 0 Å². The van der Waals surface area contributed by atoms with Gasteiger partial charge in [-0.3, -0.25) is 0 Å². The predicted octanol–water partition coefficient (Wildman–Crippen LogP) is 5.48. The van der Waals surface area contributed by atoms with Gasteiger partial charge in [-0.25, -0.2) is 0 Å². The lowest BCUT2D eigenvalue weighted by molar-refractivity contribution is 0.840. The second-order valence-corrected chi connectivity index (χ2v) is 6.71. The van der Waals surface area contributed by atoms with Gasteiger partial charge in [0.25, 0.3) is 0 Å². The molecule has 4 aliphatic carbocycles. The van der Waals surface area contributed by atoms with E-state index in [-0.39, 0.29) is 0 Å². The summed E-state index contributed by atoms with van der Waals surface area (Å²) < 4.78 is 0. The second-order valence-electron chi connectivity index (χ2n) is 6.71. The molecule has 2 aromatic carbocycles. The van der Waals surface area contributed by atoms with E-state index >= 15 is 0 Å². The molecule has 0 heteroatoms. The summed E-state index contributed by atoms with van der Waals surface area (Å²) >= 11 is 0. The zero-order chi connectivity index (χ0) is 15.4. The number of hydrogen-bond acceptors (Lipinski definition) is 0. The smallest absolute Gasteiger partial charge is 0.0236 e. The lowest BCUT2D eigenvalue weighted by Crippen LogP contribution is -2.04. The van der Waals surface area contributed by atoms with Crippen LogP contribution in [-0.4, -0.2) is 0 Å². The van der Waals surface area contributed by atoms with E-state index in [1.54, 1.807) is 22.3 Å². The van der Waals surface area contributed by atoms with Gasteiger partial charge in [-0.2, -0.15) is 0 Å². The Kier molecular flexibility index (Phi) is 4.97. The van der Waals surface area contributed by atoms with Crippen molar-refractivity contribution in [2.24, 2.45) is 0 Å². The molecule has 4 bridgehead atoms. The highest BCUT2D eigenvalue weighted by Gasteiger charge is 2.10. The molecule has 0 unspecified atom stereocenters. The average Bonchev–Trinajstić information content (AvgIpc) is 2.52. The molecule has 0 atom stereocenters. The van der Waals surface area contributed by atoms with Crippen LogP contribution >= 0.6 is 0 Å². The summed E-state index contributed by atoms with van der Waals surface area (Å²) in [5, 5.41) is 0. The average molecular weight is 292 g/mol. The molecular weight excluding hydrogens is 264 g/mol. The quantitative estimate of drug-likeness (QED) is 0.700. The molecule has 0 fully saturated rings. The predicted molar refractivity (Wildman–Crippen MR) is 95.7 cm³/mol. The Bertz CT molecular complexity index is 579. The fraction of sp³-hybridized carbons (Fsp3) is 0.455. The van der Waals surface area contributed by atoms with Crippen LogP contribution in [0.2, 0.25) is 0 Å². The first-order valence-corrected chi connectivity index (χ1v) is 9.01. The molecule has 2 aromatic rings. The van der Waals surface area contributed by atoms with Gasteiger partial charge in [0.15, 0.2) is 0 Å². The van der Waals surface area contributed by atoms with E-state index < -0.39 is 0 Å². The molecule has 0 nitrogen and oxygen atoms in total. The molecule has 0 aromatic heterocycles. The van der Waals surface area contributed by atoms with E-state index in [2.05, 4.69) is 50.2 Å². The summed E-state index contributed by atoms with van der Waals surface area (Å²) in [5.41, 5.74) is 9.32. The van der Waals surface area contributed by atoms with Crippen molar-refractivity contribution in [2.45, 2.75) is 65.2 Å². The molecule has 0 saturated carbocycles. The van der Waals surface area contributed by atoms with E-state index in [0.29, 0.717) is 0 Å². The summed E-state index contributed by atoms with van der Waals surface area (Å²) in [6.45, 7) is 4.57. The molecule has 0 amide bonds. The van der Waals surface area contributed by atoms with Crippen LogP contribution in [0, 0.1) is 0 Å². The third kappa shape index (κ3) is 3.43. The van der Waals surface area contributed by atoms with E-state index in [4.69, 9.17) is 0 Å². The summed E-state index contributed by atoms with van der Waals surface area (Å²) in [5.74, 6) is 0. The fourth-order valence-corrected chi connectivity index (χ4v) is 3.72. The number of hydrogen-bond donors (Lipinski definition) is 0. The first-order valence-electron chi connectivity index (χ1n) is 9.01. The maximum absolute atomic E-state index is 2.48. The molecule has 0 aliphatic heterocycles. The molecule has 22 heavy (non-hydrogen) atoms. The topological polar surface area (TPSA) is 0 Å². The maximum Gasteiger partial charge on any atom is -0.0236 e. The Balaban J connectivity index is 1.95. The van der Waals surface area contributed by atoms with E-state index in [1.165, 1.54) is 62.5 Å². The molecule has 116 valence electrons. The maximum atomic E-state index is 2.48. The molecule has 6 rings (SSSR count). The molecule has 0 N–H and O–H groups in total. The Hall–Kier alpha value is -1.56. The Morgan fingerprint density at radius 1 is 0.636 bits per heavy atom. The van der Waals surface area contributed by atoms with Crippen molar-refractivity contribution in [3.8, 4) is 0 Å². The van der Waals surface area contributed by atoms with Crippen molar-refractivity contribution in [3.63, 3.8) is 0 Å². The number of aryl methyl sites for hydroxylation is 6. The normalized spacial score (nSPS) is 13.9. The zero-order valence-corrected chi connectivity index (χ0v) is 14.1. The zero-order valence-electron chi connectivity index (χ0n) is 14.1. The SMILES string of the molecule is CCCc1cc2ccc1CCc1ccc(c(CCC)c1)CC2. The monoisotopic (exact) mass is 292 g/mol. The highest BCUT2D eigenvalue weighted by Crippen LogP contribution is 2.23. The fourth-order valence-electron chi connectivity index (χ4n) is 3.72. The molecule has 0 saturated heterocycles. The van der Waals surface area contributed by atoms with Crippen molar-refractivity contribution in [3.05, 3.63) is 69.8 Å². The van der Waals surface area contributed by atoms with E-state index in [1.807, 2.05) is 0 Å². The molecule has 0 spiro atoms. The van der Waals surface area contributed by atoms with Gasteiger partial charge in [0.1, 0.15) is 0 Å². The first kappa shape index (κ1) is 15.3. The minimum atomic E-state index is 1.17. The lowest BCUT2D eigenvalue weighted by atomic mass is 9.89. The Morgan fingerprint density at radius 2 is 1.09 bits per heavy atom. The summed E-state index contributed by atoms with van der Waals surface area (Å²) in [7, 11) is 0. The summed E-state index contributed by atoms with van der Waals surface area (Å²) in [4.78, 5) is 0. The van der Waals surface area contributed by atoms with Crippen LogP contribution in [0.4, 0.5) is 0 Å². The van der Waals surface area contributed by atoms with Crippen LogP contribution in [0.25, 0.3) is 0 Å². The van der Waals surface area contributed by atoms with Gasteiger partial charge in [0.05, 0.1) is 0 Å². The summed E-state index contributed by atoms with van der Waals surface area (Å²) in [6, 6.07) is 14.5. The molecule has 4 aliphatic rings. The van der Waals surface area contributed by atoms with Crippen molar-refractivity contribution in [2.75, 3.05) is 0 Å². The van der Waals surface area contributed by atoms with Crippen LogP contribution in [-0.2, 0) is 38.5 Å². The van der Waals surface area contributed by atoms with Crippen LogP contribution in [0.3, 0.4) is 0 Å². The van der Waals surface area contributed by atoms with Crippen molar-refractivity contribution < 1.29 is 0 Å². The van der Waals surface area contributed by atoms with Gasteiger partial charge in [-0.1, -0.05) is 63.1 Å². The van der Waals surface area contributed by atoms with E-state index in [0.717, 1.165) is 0 Å². The molecular formula is C22H28. The lowest BCUT2D eigenvalue weighted by Gasteiger charge is -2.16. The largest absolute Gasteiger partial charge is 0.0651 e. The Morgan fingerprint density at radius 3 is 1.50 bits per heavy atom. The van der Waals surface area contributed by atoms with Crippen LogP contribution in [0.15, 0.2) is 36.4 Å². The minimum absolute atomic E-state index is 1.17. The van der Waals surface area contributed by atoms with Gasteiger partial charge in [-0.15, -0.1) is 0 Å². The van der Waals surface area contributed by atoms with Crippen LogP contribution < -0.4 is 0 Å². The van der Waals surface area contributed by atoms with Crippen LogP contribution in [0.5, 0.6) is 0 Å². The van der Waals surface area contributed by atoms with Gasteiger partial charge in [-0.05, 0) is 71.9 Å². The third-order valence-electron chi connectivity index (χ3n) is 4.95. The minimum Gasteiger partial charge on any atom is -0.0651 e. The van der Waals surface area contributed by atoms with Gasteiger partial charge >= 0.3 is 0 Å².